The molecule has 2 heterocycles. The van der Waals surface area contributed by atoms with E-state index in [-0.39, 0.29) is 6.09 Å². The summed E-state index contributed by atoms with van der Waals surface area (Å²) in [6.45, 7) is 9.97. The predicted octanol–water partition coefficient (Wildman–Crippen LogP) is 4.05. The van der Waals surface area contributed by atoms with Crippen molar-refractivity contribution in [3.63, 3.8) is 0 Å². The predicted molar refractivity (Wildman–Crippen MR) is 117 cm³/mol. The van der Waals surface area contributed by atoms with Crippen molar-refractivity contribution in [2.45, 2.75) is 45.8 Å². The Morgan fingerprint density at radius 3 is 2.70 bits per heavy atom. The molecule has 1 aromatic carbocycles. The number of ether oxygens (including phenoxy) is 2. The van der Waals surface area contributed by atoms with Gasteiger partial charge in [0.15, 0.2) is 0 Å². The summed E-state index contributed by atoms with van der Waals surface area (Å²) in [7, 11) is 0. The first-order chi connectivity index (χ1) is 14.4. The van der Waals surface area contributed by atoms with Gasteiger partial charge in [0.05, 0.1) is 6.61 Å². The first-order valence-corrected chi connectivity index (χ1v) is 10.7. The number of carbonyl (C=O) groups excluding carboxylic acids is 1. The van der Waals surface area contributed by atoms with Crippen LogP contribution in [-0.4, -0.2) is 47.8 Å². The lowest BCUT2D eigenvalue weighted by Gasteiger charge is -2.19. The minimum Gasteiger partial charge on any atom is -0.493 e. The van der Waals surface area contributed by atoms with Crippen LogP contribution in [0.1, 0.15) is 38.3 Å². The summed E-state index contributed by atoms with van der Waals surface area (Å²) in [5, 5.41) is 2.79. The normalized spacial score (nSPS) is 17.0. The molecular weight excluding hydrogens is 378 g/mol. The average Bonchev–Trinajstić information content (AvgIpc) is 3.14. The molecule has 6 heteroatoms. The van der Waals surface area contributed by atoms with E-state index in [0.717, 1.165) is 50.4 Å². The monoisotopic (exact) mass is 411 g/mol. The van der Waals surface area contributed by atoms with Gasteiger partial charge >= 0.3 is 6.09 Å². The number of nitrogens with zero attached hydrogens (tertiary/aromatic N) is 2. The van der Waals surface area contributed by atoms with Crippen molar-refractivity contribution < 1.29 is 14.3 Å². The first-order valence-electron chi connectivity index (χ1n) is 10.7. The number of pyridine rings is 1. The molecule has 1 amide bonds. The SMILES string of the molecule is CC(C)(C)OC(=O)NCCc1ccc(OC[C@@H]2CCN(Cc3cccnc3)C2)cc1. The Kier molecular flexibility index (Phi) is 7.69. The number of carbonyl (C=O) groups is 1. The average molecular weight is 412 g/mol. The summed E-state index contributed by atoms with van der Waals surface area (Å²) >= 11 is 0. The Labute approximate surface area is 179 Å². The molecule has 1 fully saturated rings. The zero-order chi connectivity index (χ0) is 21.4. The van der Waals surface area contributed by atoms with Gasteiger partial charge in [-0.05, 0) is 69.5 Å². The van der Waals surface area contributed by atoms with Gasteiger partial charge < -0.3 is 14.8 Å². The van der Waals surface area contributed by atoms with E-state index >= 15 is 0 Å². The number of nitrogens with one attached hydrogen (secondary N) is 1. The lowest BCUT2D eigenvalue weighted by molar-refractivity contribution is 0.0528. The van der Waals surface area contributed by atoms with Crippen molar-refractivity contribution in [2.75, 3.05) is 26.2 Å². The van der Waals surface area contributed by atoms with Gasteiger partial charge in [0, 0.05) is 37.9 Å². The highest BCUT2D eigenvalue weighted by Gasteiger charge is 2.23. The minimum absolute atomic E-state index is 0.378. The number of hydrogen-bond donors (Lipinski definition) is 1. The van der Waals surface area contributed by atoms with Crippen LogP contribution in [0.3, 0.4) is 0 Å². The van der Waals surface area contributed by atoms with Gasteiger partial charge in [-0.2, -0.15) is 0 Å². The molecule has 0 aliphatic carbocycles. The summed E-state index contributed by atoms with van der Waals surface area (Å²) in [5.41, 5.74) is 1.94. The van der Waals surface area contributed by atoms with Crippen molar-refractivity contribution in [3.05, 3.63) is 59.9 Å². The van der Waals surface area contributed by atoms with Crippen LogP contribution in [0, 0.1) is 5.92 Å². The Morgan fingerprint density at radius 2 is 2.00 bits per heavy atom. The molecular formula is C24H33N3O3. The highest BCUT2D eigenvalue weighted by molar-refractivity contribution is 5.67. The van der Waals surface area contributed by atoms with Gasteiger partial charge in [-0.25, -0.2) is 4.79 Å². The van der Waals surface area contributed by atoms with Gasteiger partial charge in [-0.1, -0.05) is 18.2 Å². The maximum Gasteiger partial charge on any atom is 0.407 e. The van der Waals surface area contributed by atoms with Gasteiger partial charge in [-0.15, -0.1) is 0 Å². The fourth-order valence-electron chi connectivity index (χ4n) is 3.53. The third-order valence-electron chi connectivity index (χ3n) is 4.99. The zero-order valence-electron chi connectivity index (χ0n) is 18.3. The van der Waals surface area contributed by atoms with Crippen LogP contribution in [-0.2, 0) is 17.7 Å². The molecule has 1 saturated heterocycles. The largest absolute Gasteiger partial charge is 0.493 e. The number of aromatic nitrogens is 1. The fourth-order valence-corrected chi connectivity index (χ4v) is 3.53. The first kappa shape index (κ1) is 22.1. The van der Waals surface area contributed by atoms with Crippen LogP contribution < -0.4 is 10.1 Å². The molecule has 2 aromatic rings. The molecule has 1 aromatic heterocycles. The molecule has 0 unspecified atom stereocenters. The van der Waals surface area contributed by atoms with Crippen LogP contribution in [0.4, 0.5) is 4.79 Å². The van der Waals surface area contributed by atoms with Crippen LogP contribution in [0.25, 0.3) is 0 Å². The highest BCUT2D eigenvalue weighted by Crippen LogP contribution is 2.21. The Bertz CT molecular complexity index is 788. The molecule has 0 spiro atoms. The van der Waals surface area contributed by atoms with Crippen molar-refractivity contribution in [1.82, 2.24) is 15.2 Å². The summed E-state index contributed by atoms with van der Waals surface area (Å²) in [4.78, 5) is 18.3. The summed E-state index contributed by atoms with van der Waals surface area (Å²) in [6.07, 6.45) is 5.29. The number of rotatable bonds is 8. The number of hydrogen-bond acceptors (Lipinski definition) is 5. The molecule has 6 nitrogen and oxygen atoms in total. The molecule has 0 bridgehead atoms. The van der Waals surface area contributed by atoms with Crippen molar-refractivity contribution in [2.24, 2.45) is 5.92 Å². The Hall–Kier alpha value is -2.60. The molecule has 1 aliphatic heterocycles. The molecule has 1 atom stereocenters. The third-order valence-corrected chi connectivity index (χ3v) is 4.99. The van der Waals surface area contributed by atoms with Crippen molar-refractivity contribution in [1.29, 1.82) is 0 Å². The number of likely N-dealkylation sites (tertiary alicyclic amines) is 1. The van der Waals surface area contributed by atoms with Crippen LogP contribution in [0.5, 0.6) is 5.75 Å². The molecule has 1 aliphatic rings. The topological polar surface area (TPSA) is 63.7 Å². The number of amides is 1. The van der Waals surface area contributed by atoms with Gasteiger partial charge in [0.1, 0.15) is 11.4 Å². The second-order valence-corrected chi connectivity index (χ2v) is 8.88. The van der Waals surface area contributed by atoms with E-state index < -0.39 is 5.60 Å². The zero-order valence-corrected chi connectivity index (χ0v) is 18.3. The van der Waals surface area contributed by atoms with E-state index in [1.807, 2.05) is 51.4 Å². The quantitative estimate of drug-likeness (QED) is 0.710. The molecule has 3 rings (SSSR count). The molecule has 0 saturated carbocycles. The highest BCUT2D eigenvalue weighted by atomic mass is 16.6. The van der Waals surface area contributed by atoms with Crippen LogP contribution in [0.15, 0.2) is 48.8 Å². The van der Waals surface area contributed by atoms with E-state index in [1.165, 1.54) is 5.56 Å². The van der Waals surface area contributed by atoms with Crippen LogP contribution >= 0.6 is 0 Å². The minimum atomic E-state index is -0.474. The Morgan fingerprint density at radius 1 is 1.20 bits per heavy atom. The number of benzene rings is 1. The standard InChI is InChI=1S/C24H33N3O3/c1-24(2,3)30-23(28)26-13-10-19-6-8-22(9-7-19)29-18-21-11-14-27(17-21)16-20-5-4-12-25-15-20/h4-9,12,15,21H,10-11,13-14,16-18H2,1-3H3,(H,26,28)/t21-/m1/s1. The lowest BCUT2D eigenvalue weighted by atomic mass is 10.1. The smallest absolute Gasteiger partial charge is 0.407 e. The molecule has 162 valence electrons. The van der Waals surface area contributed by atoms with Gasteiger partial charge in [-0.3, -0.25) is 9.88 Å². The summed E-state index contributed by atoms with van der Waals surface area (Å²) in [6, 6.07) is 12.2. The second kappa shape index (κ2) is 10.4. The molecule has 30 heavy (non-hydrogen) atoms. The molecule has 1 N–H and O–H groups in total. The summed E-state index contributed by atoms with van der Waals surface area (Å²) in [5.74, 6) is 1.45. The third kappa shape index (κ3) is 7.67. The molecule has 0 radical (unpaired) electrons. The van der Waals surface area contributed by atoms with E-state index in [2.05, 4.69) is 33.4 Å². The fraction of sp³-hybridized carbons (Fsp3) is 0.500. The summed E-state index contributed by atoms with van der Waals surface area (Å²) < 4.78 is 11.3. The maximum absolute atomic E-state index is 11.7. The van der Waals surface area contributed by atoms with Crippen molar-refractivity contribution in [3.8, 4) is 5.75 Å². The van der Waals surface area contributed by atoms with Crippen molar-refractivity contribution >= 4 is 6.09 Å². The van der Waals surface area contributed by atoms with Gasteiger partial charge in [0.2, 0.25) is 0 Å². The van der Waals surface area contributed by atoms with E-state index in [4.69, 9.17) is 9.47 Å². The van der Waals surface area contributed by atoms with E-state index in [1.54, 1.807) is 0 Å². The Balaban J connectivity index is 1.34. The van der Waals surface area contributed by atoms with E-state index in [0.29, 0.717) is 12.5 Å². The maximum atomic E-state index is 11.7. The van der Waals surface area contributed by atoms with Gasteiger partial charge in [0.25, 0.3) is 0 Å². The number of alkyl carbamates (subject to hydrolysis) is 1. The van der Waals surface area contributed by atoms with E-state index in [9.17, 15) is 4.79 Å². The lowest BCUT2D eigenvalue weighted by Crippen LogP contribution is -2.33. The second-order valence-electron chi connectivity index (χ2n) is 8.88. The van der Waals surface area contributed by atoms with Crippen LogP contribution in [0.2, 0.25) is 0 Å².